The molecule has 0 unspecified atom stereocenters. The third-order valence-electron chi connectivity index (χ3n) is 14.8. The molecule has 0 spiro atoms. The van der Waals surface area contributed by atoms with Crippen molar-refractivity contribution in [1.82, 2.24) is 0 Å². The van der Waals surface area contributed by atoms with E-state index in [1.807, 2.05) is 0 Å². The summed E-state index contributed by atoms with van der Waals surface area (Å²) in [7, 11) is 0. The van der Waals surface area contributed by atoms with Crippen molar-refractivity contribution in [3.05, 3.63) is 250 Å². The van der Waals surface area contributed by atoms with Crippen molar-refractivity contribution in [1.29, 1.82) is 0 Å². The molecule has 0 radical (unpaired) electrons. The number of anilines is 6. The highest BCUT2D eigenvalue weighted by molar-refractivity contribution is 6.23. The number of hydrogen-bond donors (Lipinski definition) is 0. The Labute approximate surface area is 427 Å². The average Bonchev–Trinajstić information content (AvgIpc) is 3.43. The van der Waals surface area contributed by atoms with Gasteiger partial charge in [-0.1, -0.05) is 217 Å². The van der Waals surface area contributed by atoms with Crippen molar-refractivity contribution in [3.8, 4) is 0 Å². The van der Waals surface area contributed by atoms with Gasteiger partial charge in [0.15, 0.2) is 0 Å². The summed E-state index contributed by atoms with van der Waals surface area (Å²) in [4.78, 5) is 4.92. The van der Waals surface area contributed by atoms with Gasteiger partial charge < -0.3 is 9.80 Å². The second-order valence-electron chi connectivity index (χ2n) is 20.0. The van der Waals surface area contributed by atoms with Crippen LogP contribution in [0.3, 0.4) is 0 Å². The Balaban J connectivity index is 0.956. The largest absolute Gasteiger partial charge is 0.309 e. The van der Waals surface area contributed by atoms with Crippen LogP contribution in [0.5, 0.6) is 0 Å². The highest BCUT2D eigenvalue weighted by Crippen LogP contribution is 2.51. The van der Waals surface area contributed by atoms with Crippen LogP contribution in [0.2, 0.25) is 0 Å². The molecule has 2 aliphatic rings. The Morgan fingerprint density at radius 3 is 0.819 bits per heavy atom. The Morgan fingerprint density at radius 2 is 0.528 bits per heavy atom. The maximum atomic E-state index is 2.46. The number of aryl methyl sites for hydroxylation is 2. The van der Waals surface area contributed by atoms with Crippen LogP contribution in [-0.4, -0.2) is 0 Å². The van der Waals surface area contributed by atoms with Gasteiger partial charge in [0.05, 0.1) is 11.4 Å². The lowest BCUT2D eigenvalue weighted by molar-refractivity contribution is 0.602. The van der Waals surface area contributed by atoms with Gasteiger partial charge in [-0.3, -0.25) is 0 Å². The molecule has 2 aliphatic carbocycles. The van der Waals surface area contributed by atoms with Crippen molar-refractivity contribution in [3.63, 3.8) is 0 Å². The highest BCUT2D eigenvalue weighted by atomic mass is 15.2. The monoisotopic (exact) mass is 933 g/mol. The SMILES string of the molecule is Cc1ccc(N(c2ccc(/C=C/c3ccc(C=C4CCCCC4)cc3)cc2)c2c3ccccc3c(N(c3ccc(C)cc3)c3ccc(/C=C/c4ccc(C=C5CCCCC5)cc4)cc3)c3ccccc23)cc1. The first kappa shape index (κ1) is 46.4. The molecule has 9 aromatic rings. The van der Waals surface area contributed by atoms with Gasteiger partial charge in [-0.15, -0.1) is 0 Å². The second-order valence-corrected chi connectivity index (χ2v) is 20.0. The molecule has 2 heteroatoms. The molecule has 2 saturated carbocycles. The van der Waals surface area contributed by atoms with Crippen molar-refractivity contribution in [2.45, 2.75) is 78.1 Å². The number of rotatable bonds is 12. The molecule has 0 amide bonds. The minimum Gasteiger partial charge on any atom is -0.309 e. The van der Waals surface area contributed by atoms with Crippen LogP contribution < -0.4 is 9.80 Å². The molecule has 2 nitrogen and oxygen atoms in total. The van der Waals surface area contributed by atoms with Crippen LogP contribution in [0.4, 0.5) is 34.1 Å². The molecule has 0 aliphatic heterocycles. The minimum absolute atomic E-state index is 1.10. The van der Waals surface area contributed by atoms with Crippen LogP contribution in [0.15, 0.2) is 205 Å². The summed E-state index contributed by atoms with van der Waals surface area (Å²) >= 11 is 0. The standard InChI is InChI=1S/C70H64N2/c1-51-21-41-61(42-22-51)71(63-45-37-55(38-46-63)27-25-53-29-33-59(34-30-53)49-57-13-5-3-6-14-57)69-65-17-9-11-19-67(65)70(68-20-12-10-18-66(68)69)72(62-43-23-52(2)24-44-62)64-47-39-56(40-48-64)28-26-54-31-35-60(36-32-54)50-58-15-7-4-8-16-58/h9-12,17-50H,3-8,13-16H2,1-2H3/b27-25+,28-26+. The van der Waals surface area contributed by atoms with Crippen LogP contribution in [0.25, 0.3) is 58.0 Å². The Hall–Kier alpha value is -7.94. The van der Waals surface area contributed by atoms with E-state index in [1.165, 1.54) is 119 Å². The number of fused-ring (bicyclic) bond motifs is 2. The molecule has 0 aromatic heterocycles. The molecule has 0 N–H and O–H groups in total. The molecule has 0 saturated heterocycles. The molecular formula is C70H64N2. The molecule has 0 bridgehead atoms. The van der Waals surface area contributed by atoms with E-state index < -0.39 is 0 Å². The molecule has 0 atom stereocenters. The van der Waals surface area contributed by atoms with Gasteiger partial charge >= 0.3 is 0 Å². The molecule has 0 heterocycles. The van der Waals surface area contributed by atoms with Gasteiger partial charge in [-0.25, -0.2) is 0 Å². The van der Waals surface area contributed by atoms with E-state index in [9.17, 15) is 0 Å². The first-order chi connectivity index (χ1) is 35.5. The number of allylic oxidation sites excluding steroid dienone is 2. The third kappa shape index (κ3) is 10.6. The molecule has 72 heavy (non-hydrogen) atoms. The van der Waals surface area contributed by atoms with Gasteiger partial charge in [-0.2, -0.15) is 0 Å². The van der Waals surface area contributed by atoms with Gasteiger partial charge in [0.1, 0.15) is 0 Å². The fourth-order valence-corrected chi connectivity index (χ4v) is 10.8. The third-order valence-corrected chi connectivity index (χ3v) is 14.8. The van der Waals surface area contributed by atoms with Crippen molar-refractivity contribution < 1.29 is 0 Å². The van der Waals surface area contributed by atoms with Crippen LogP contribution in [-0.2, 0) is 0 Å². The zero-order chi connectivity index (χ0) is 48.6. The van der Waals surface area contributed by atoms with Crippen LogP contribution in [0.1, 0.15) is 109 Å². The summed E-state index contributed by atoms with van der Waals surface area (Å²) in [5.74, 6) is 0. The van der Waals surface area contributed by atoms with E-state index in [0.29, 0.717) is 0 Å². The van der Waals surface area contributed by atoms with Crippen LogP contribution in [0, 0.1) is 13.8 Å². The molecule has 11 rings (SSSR count). The van der Waals surface area contributed by atoms with E-state index in [1.54, 1.807) is 11.1 Å². The van der Waals surface area contributed by atoms with E-state index in [0.717, 1.165) is 45.3 Å². The summed E-state index contributed by atoms with van der Waals surface area (Å²) in [6.07, 6.45) is 26.7. The molecule has 9 aromatic carbocycles. The fraction of sp³-hybridized carbons (Fsp3) is 0.171. The maximum Gasteiger partial charge on any atom is 0.0619 e. The van der Waals surface area contributed by atoms with E-state index in [2.05, 4.69) is 254 Å². The summed E-state index contributed by atoms with van der Waals surface area (Å²) in [5.41, 5.74) is 19.7. The number of hydrogen-bond acceptors (Lipinski definition) is 2. The van der Waals surface area contributed by atoms with Crippen molar-refractivity contribution in [2.75, 3.05) is 9.80 Å². The molecular weight excluding hydrogens is 869 g/mol. The quantitative estimate of drug-likeness (QED) is 0.0684. The molecule has 354 valence electrons. The Bertz CT molecular complexity index is 3120. The van der Waals surface area contributed by atoms with Crippen LogP contribution >= 0.6 is 0 Å². The number of benzene rings is 9. The molecule has 2 fully saturated rings. The number of nitrogens with zero attached hydrogens (tertiary/aromatic N) is 2. The maximum absolute atomic E-state index is 2.46. The summed E-state index contributed by atoms with van der Waals surface area (Å²) in [6.45, 7) is 4.32. The van der Waals surface area contributed by atoms with Gasteiger partial charge in [0.25, 0.3) is 0 Å². The van der Waals surface area contributed by atoms with E-state index in [4.69, 9.17) is 0 Å². The van der Waals surface area contributed by atoms with Crippen molar-refractivity contribution >= 4 is 92.1 Å². The zero-order valence-corrected chi connectivity index (χ0v) is 41.9. The second kappa shape index (κ2) is 21.6. The lowest BCUT2D eigenvalue weighted by Crippen LogP contribution is -2.14. The van der Waals surface area contributed by atoms with E-state index >= 15 is 0 Å². The predicted molar refractivity (Wildman–Crippen MR) is 313 cm³/mol. The topological polar surface area (TPSA) is 6.48 Å². The summed E-state index contributed by atoms with van der Waals surface area (Å²) in [6, 6.07) is 71.9. The first-order valence-electron chi connectivity index (χ1n) is 26.3. The lowest BCUT2D eigenvalue weighted by Gasteiger charge is -2.33. The highest BCUT2D eigenvalue weighted by Gasteiger charge is 2.25. The normalized spacial score (nSPS) is 14.1. The zero-order valence-electron chi connectivity index (χ0n) is 41.9. The lowest BCUT2D eigenvalue weighted by atomic mass is 9.93. The summed E-state index contributed by atoms with van der Waals surface area (Å²) in [5, 5.41) is 4.71. The van der Waals surface area contributed by atoms with Gasteiger partial charge in [-0.05, 0) is 147 Å². The minimum atomic E-state index is 1.10. The predicted octanol–water partition coefficient (Wildman–Crippen LogP) is 20.6. The Kier molecular flexibility index (Phi) is 13.9. The average molecular weight is 933 g/mol. The Morgan fingerprint density at radius 1 is 0.278 bits per heavy atom. The van der Waals surface area contributed by atoms with Gasteiger partial charge in [0, 0.05) is 44.3 Å². The van der Waals surface area contributed by atoms with Gasteiger partial charge in [0.2, 0.25) is 0 Å². The smallest absolute Gasteiger partial charge is 0.0619 e. The fourth-order valence-electron chi connectivity index (χ4n) is 10.8. The van der Waals surface area contributed by atoms with Crippen molar-refractivity contribution in [2.24, 2.45) is 0 Å². The van der Waals surface area contributed by atoms with E-state index in [-0.39, 0.29) is 0 Å². The summed E-state index contributed by atoms with van der Waals surface area (Å²) < 4.78 is 0. The first-order valence-corrected chi connectivity index (χ1v) is 26.3.